The molecule has 7 heteroatoms. The molecule has 0 aliphatic heterocycles. The van der Waals surface area contributed by atoms with Crippen LogP contribution in [0.5, 0.6) is 5.75 Å². The number of nitrogens with one attached hydrogen (secondary N) is 2. The minimum Gasteiger partial charge on any atom is -0.483 e. The van der Waals surface area contributed by atoms with Gasteiger partial charge in [0.25, 0.3) is 11.8 Å². The largest absolute Gasteiger partial charge is 0.483 e. The van der Waals surface area contributed by atoms with Crippen LogP contribution in [0.25, 0.3) is 0 Å². The molecule has 150 valence electrons. The number of amides is 2. The zero-order chi connectivity index (χ0) is 20.9. The van der Waals surface area contributed by atoms with Crippen molar-refractivity contribution in [3.8, 4) is 5.75 Å². The van der Waals surface area contributed by atoms with Gasteiger partial charge in [0, 0.05) is 10.0 Å². The summed E-state index contributed by atoms with van der Waals surface area (Å²) in [5, 5.41) is 0. The van der Waals surface area contributed by atoms with Crippen LogP contribution in [0.4, 0.5) is 0 Å². The lowest BCUT2D eigenvalue weighted by Gasteiger charge is -2.21. The summed E-state index contributed by atoms with van der Waals surface area (Å²) in [7, 11) is 0. The number of halogens is 2. The normalized spacial score (nSPS) is 11.1. The lowest BCUT2D eigenvalue weighted by Crippen LogP contribution is -2.43. The molecule has 28 heavy (non-hydrogen) atoms. The van der Waals surface area contributed by atoms with Gasteiger partial charge in [-0.15, -0.1) is 0 Å². The summed E-state index contributed by atoms with van der Waals surface area (Å²) in [5.74, 6) is -0.284. The summed E-state index contributed by atoms with van der Waals surface area (Å²) in [4.78, 5) is 24.2. The Kier molecular flexibility index (Phi) is 7.66. The van der Waals surface area contributed by atoms with Crippen molar-refractivity contribution in [3.63, 3.8) is 0 Å². The molecule has 0 heterocycles. The molecule has 2 aromatic rings. The maximum Gasteiger partial charge on any atom is 0.276 e. The molecule has 0 atom stereocenters. The Morgan fingerprint density at radius 2 is 1.71 bits per heavy atom. The highest BCUT2D eigenvalue weighted by molar-refractivity contribution is 9.10. The molecule has 2 aromatic carbocycles. The van der Waals surface area contributed by atoms with Crippen molar-refractivity contribution < 1.29 is 14.3 Å². The highest BCUT2D eigenvalue weighted by atomic mass is 79.9. The highest BCUT2D eigenvalue weighted by Gasteiger charge is 2.18. The van der Waals surface area contributed by atoms with Gasteiger partial charge in [0.15, 0.2) is 6.61 Å². The van der Waals surface area contributed by atoms with E-state index in [1.807, 2.05) is 24.3 Å². The van der Waals surface area contributed by atoms with Crippen LogP contribution in [0.3, 0.4) is 0 Å². The summed E-state index contributed by atoms with van der Waals surface area (Å²) in [5.41, 5.74) is 7.44. The standard InChI is InChI=1S/C21H24Br2N2O3/c1-5-13-6-9-18(17(23)10-13)28-12-19(26)24-25-20(27)14-7-8-15(16(22)11-14)21(2,3)4/h6-11H,5,12H2,1-4H3,(H,24,26)(H,25,27). The number of hydrogen-bond acceptors (Lipinski definition) is 3. The number of carbonyl (C=O) groups excluding carboxylic acids is 2. The van der Waals surface area contributed by atoms with Crippen molar-refractivity contribution in [1.82, 2.24) is 10.9 Å². The number of ether oxygens (including phenoxy) is 1. The number of aryl methyl sites for hydroxylation is 1. The number of rotatable bonds is 5. The molecular formula is C21H24Br2N2O3. The Labute approximate surface area is 182 Å². The van der Waals surface area contributed by atoms with E-state index >= 15 is 0 Å². The fourth-order valence-corrected chi connectivity index (χ4v) is 4.04. The first kappa shape index (κ1) is 22.4. The molecule has 0 saturated heterocycles. The van der Waals surface area contributed by atoms with E-state index < -0.39 is 11.8 Å². The van der Waals surface area contributed by atoms with Crippen LogP contribution in [0.15, 0.2) is 45.3 Å². The molecule has 0 aliphatic carbocycles. The molecule has 0 bridgehead atoms. The van der Waals surface area contributed by atoms with Gasteiger partial charge in [-0.1, -0.05) is 55.8 Å². The van der Waals surface area contributed by atoms with E-state index in [4.69, 9.17) is 4.74 Å². The molecule has 0 fully saturated rings. The summed E-state index contributed by atoms with van der Waals surface area (Å²) in [6.45, 7) is 8.15. The van der Waals surface area contributed by atoms with Crippen LogP contribution in [0, 0.1) is 0 Å². The van der Waals surface area contributed by atoms with Crippen LogP contribution in [-0.4, -0.2) is 18.4 Å². The zero-order valence-corrected chi connectivity index (χ0v) is 19.5. The molecule has 0 spiro atoms. The predicted molar refractivity (Wildman–Crippen MR) is 117 cm³/mol. The Morgan fingerprint density at radius 3 is 2.29 bits per heavy atom. The zero-order valence-electron chi connectivity index (χ0n) is 16.4. The van der Waals surface area contributed by atoms with Gasteiger partial charge in [0.05, 0.1) is 4.47 Å². The topological polar surface area (TPSA) is 67.4 Å². The third-order valence-corrected chi connectivity index (χ3v) is 5.39. The Morgan fingerprint density at radius 1 is 1.00 bits per heavy atom. The van der Waals surface area contributed by atoms with Gasteiger partial charge >= 0.3 is 0 Å². The second kappa shape index (κ2) is 9.56. The summed E-state index contributed by atoms with van der Waals surface area (Å²) in [6.07, 6.45) is 0.915. The number of benzene rings is 2. The molecule has 5 nitrogen and oxygen atoms in total. The van der Waals surface area contributed by atoms with E-state index in [-0.39, 0.29) is 12.0 Å². The lowest BCUT2D eigenvalue weighted by atomic mass is 9.86. The van der Waals surface area contributed by atoms with Gasteiger partial charge < -0.3 is 4.74 Å². The average molecular weight is 512 g/mol. The molecule has 0 aliphatic rings. The fourth-order valence-electron chi connectivity index (χ4n) is 2.52. The van der Waals surface area contributed by atoms with E-state index in [0.29, 0.717) is 11.3 Å². The molecule has 0 radical (unpaired) electrons. The first-order valence-corrected chi connectivity index (χ1v) is 10.5. The van der Waals surface area contributed by atoms with Crippen LogP contribution in [0.2, 0.25) is 0 Å². The molecule has 2 rings (SSSR count). The van der Waals surface area contributed by atoms with Gasteiger partial charge in [0.2, 0.25) is 0 Å². The van der Waals surface area contributed by atoms with E-state index in [1.54, 1.807) is 12.1 Å². The van der Waals surface area contributed by atoms with Crippen LogP contribution in [-0.2, 0) is 16.6 Å². The minimum absolute atomic E-state index is 0.0387. The van der Waals surface area contributed by atoms with E-state index in [2.05, 4.69) is 70.4 Å². The molecular weight excluding hydrogens is 488 g/mol. The Hall–Kier alpha value is -1.86. The Balaban J connectivity index is 1.89. The van der Waals surface area contributed by atoms with Crippen molar-refractivity contribution in [1.29, 1.82) is 0 Å². The molecule has 0 unspecified atom stereocenters. The highest BCUT2D eigenvalue weighted by Crippen LogP contribution is 2.30. The van der Waals surface area contributed by atoms with Gasteiger partial charge in [-0.05, 0) is 63.2 Å². The van der Waals surface area contributed by atoms with Crippen molar-refractivity contribution in [2.75, 3.05) is 6.61 Å². The van der Waals surface area contributed by atoms with Crippen molar-refractivity contribution >= 4 is 43.7 Å². The summed E-state index contributed by atoms with van der Waals surface area (Å²) < 4.78 is 7.13. The number of hydrogen-bond donors (Lipinski definition) is 2. The monoisotopic (exact) mass is 510 g/mol. The van der Waals surface area contributed by atoms with Crippen LogP contribution >= 0.6 is 31.9 Å². The van der Waals surface area contributed by atoms with Crippen molar-refractivity contribution in [3.05, 3.63) is 62.0 Å². The third-order valence-electron chi connectivity index (χ3n) is 4.12. The maximum absolute atomic E-state index is 12.3. The quantitative estimate of drug-likeness (QED) is 0.560. The predicted octanol–water partition coefficient (Wildman–Crippen LogP) is 4.91. The van der Waals surface area contributed by atoms with E-state index in [9.17, 15) is 9.59 Å². The summed E-state index contributed by atoms with van der Waals surface area (Å²) in [6, 6.07) is 11.1. The fraction of sp³-hybridized carbons (Fsp3) is 0.333. The number of hydrazine groups is 1. The lowest BCUT2D eigenvalue weighted by molar-refractivity contribution is -0.123. The van der Waals surface area contributed by atoms with Crippen LogP contribution in [0.1, 0.15) is 49.2 Å². The average Bonchev–Trinajstić information content (AvgIpc) is 2.63. The Bertz CT molecular complexity index is 876. The summed E-state index contributed by atoms with van der Waals surface area (Å²) >= 11 is 6.93. The van der Waals surface area contributed by atoms with E-state index in [1.165, 1.54) is 5.56 Å². The second-order valence-corrected chi connectivity index (χ2v) is 9.06. The second-order valence-electron chi connectivity index (χ2n) is 7.35. The minimum atomic E-state index is -0.454. The molecule has 0 saturated carbocycles. The van der Waals surface area contributed by atoms with Gasteiger partial charge in [-0.25, -0.2) is 0 Å². The number of carbonyl (C=O) groups is 2. The third kappa shape index (κ3) is 6.07. The van der Waals surface area contributed by atoms with E-state index in [0.717, 1.165) is 20.9 Å². The first-order valence-electron chi connectivity index (χ1n) is 8.92. The molecule has 2 N–H and O–H groups in total. The smallest absolute Gasteiger partial charge is 0.276 e. The van der Waals surface area contributed by atoms with Crippen molar-refractivity contribution in [2.24, 2.45) is 0 Å². The van der Waals surface area contributed by atoms with Gasteiger partial charge in [0.1, 0.15) is 5.75 Å². The van der Waals surface area contributed by atoms with Crippen LogP contribution < -0.4 is 15.6 Å². The maximum atomic E-state index is 12.3. The first-order chi connectivity index (χ1) is 13.1. The van der Waals surface area contributed by atoms with Crippen molar-refractivity contribution in [2.45, 2.75) is 39.5 Å². The van der Waals surface area contributed by atoms with Gasteiger partial charge in [-0.3, -0.25) is 20.4 Å². The molecule has 0 aromatic heterocycles. The molecule has 2 amide bonds. The van der Waals surface area contributed by atoms with Gasteiger partial charge in [-0.2, -0.15) is 0 Å². The SMILES string of the molecule is CCc1ccc(OCC(=O)NNC(=O)c2ccc(C(C)(C)C)c(Br)c2)c(Br)c1.